The van der Waals surface area contributed by atoms with Gasteiger partial charge in [-0.25, -0.2) is 0 Å². The van der Waals surface area contributed by atoms with Gasteiger partial charge in [-0.05, 0) is 55.6 Å². The second kappa shape index (κ2) is 9.77. The fraction of sp³-hybridized carbons (Fsp3) is 0.200. The minimum atomic E-state index is -0.0144. The van der Waals surface area contributed by atoms with Crippen molar-refractivity contribution < 1.29 is 9.53 Å². The Hall–Kier alpha value is -2.42. The smallest absolute Gasteiger partial charge is 0.193 e. The Morgan fingerprint density at radius 1 is 1.12 bits per heavy atom. The van der Waals surface area contributed by atoms with Crippen molar-refractivity contribution in [2.45, 2.75) is 0 Å². The predicted molar refractivity (Wildman–Crippen MR) is 102 cm³/mol. The number of halogens is 1. The minimum absolute atomic E-state index is 0.0144. The van der Waals surface area contributed by atoms with Crippen molar-refractivity contribution in [3.63, 3.8) is 0 Å². The second-order valence-electron chi connectivity index (χ2n) is 5.50. The highest BCUT2D eigenvalue weighted by Crippen LogP contribution is 2.17. The quantitative estimate of drug-likeness (QED) is 0.382. The number of rotatable bonds is 8. The van der Waals surface area contributed by atoms with Gasteiger partial charge in [0.1, 0.15) is 12.4 Å². The lowest BCUT2D eigenvalue weighted by atomic mass is 10.0. The molecule has 0 radical (unpaired) electrons. The molecule has 0 heterocycles. The summed E-state index contributed by atoms with van der Waals surface area (Å²) in [4.78, 5) is 14.3. The predicted octanol–water partition coefficient (Wildman–Crippen LogP) is 4.07. The van der Waals surface area contributed by atoms with Gasteiger partial charge in [0.15, 0.2) is 5.78 Å². The van der Waals surface area contributed by atoms with Crippen molar-refractivity contribution in [1.82, 2.24) is 4.90 Å². The molecule has 0 bridgehead atoms. The number of nitriles is 1. The Morgan fingerprint density at radius 2 is 1.72 bits per heavy atom. The molecule has 0 aliphatic rings. The monoisotopic (exact) mass is 398 g/mol. The zero-order valence-corrected chi connectivity index (χ0v) is 15.6. The van der Waals surface area contributed by atoms with E-state index in [1.54, 1.807) is 36.4 Å². The molecule has 2 rings (SSSR count). The maximum absolute atomic E-state index is 12.4. The molecule has 5 heteroatoms. The number of ether oxygens (including phenoxy) is 1. The number of benzene rings is 2. The number of carbonyl (C=O) groups is 1. The Balaban J connectivity index is 1.85. The molecule has 2 aromatic carbocycles. The summed E-state index contributed by atoms with van der Waals surface area (Å²) in [5.74, 6) is 0.696. The summed E-state index contributed by atoms with van der Waals surface area (Å²) in [7, 11) is 1.88. The van der Waals surface area contributed by atoms with Gasteiger partial charge in [-0.15, -0.1) is 0 Å². The van der Waals surface area contributed by atoms with E-state index in [1.807, 2.05) is 36.2 Å². The molecule has 0 aliphatic heterocycles. The lowest BCUT2D eigenvalue weighted by molar-refractivity contribution is 0.103. The zero-order chi connectivity index (χ0) is 18.1. The average molecular weight is 399 g/mol. The van der Waals surface area contributed by atoms with E-state index in [0.29, 0.717) is 36.6 Å². The Labute approximate surface area is 156 Å². The van der Waals surface area contributed by atoms with Gasteiger partial charge < -0.3 is 4.74 Å². The van der Waals surface area contributed by atoms with E-state index in [9.17, 15) is 4.79 Å². The fourth-order valence-corrected chi connectivity index (χ4v) is 2.39. The highest BCUT2D eigenvalue weighted by molar-refractivity contribution is 9.10. The molecule has 0 atom stereocenters. The number of hydrogen-bond acceptors (Lipinski definition) is 4. The SMILES string of the molecule is CN(CC#N)C/C=C/COc1ccc(C(=O)c2ccc(Br)cc2)cc1. The summed E-state index contributed by atoms with van der Waals surface area (Å²) in [6.07, 6.45) is 3.87. The Morgan fingerprint density at radius 3 is 2.32 bits per heavy atom. The average Bonchev–Trinajstić information content (AvgIpc) is 2.62. The molecule has 128 valence electrons. The van der Waals surface area contributed by atoms with Crippen LogP contribution in [0.25, 0.3) is 0 Å². The minimum Gasteiger partial charge on any atom is -0.490 e. The van der Waals surface area contributed by atoms with E-state index >= 15 is 0 Å². The summed E-state index contributed by atoms with van der Waals surface area (Å²) in [6, 6.07) is 16.5. The third kappa shape index (κ3) is 6.18. The van der Waals surface area contributed by atoms with E-state index in [0.717, 1.165) is 4.47 Å². The van der Waals surface area contributed by atoms with Gasteiger partial charge >= 0.3 is 0 Å². The maximum atomic E-state index is 12.4. The molecule has 0 aromatic heterocycles. The molecule has 0 amide bonds. The van der Waals surface area contributed by atoms with E-state index in [4.69, 9.17) is 10.00 Å². The molecule has 0 fully saturated rings. The molecular formula is C20H19BrN2O2. The van der Waals surface area contributed by atoms with Gasteiger partial charge in [-0.1, -0.05) is 28.1 Å². The van der Waals surface area contributed by atoms with Gasteiger partial charge in [0, 0.05) is 22.1 Å². The number of nitrogens with zero attached hydrogens (tertiary/aromatic N) is 2. The molecule has 4 nitrogen and oxygen atoms in total. The van der Waals surface area contributed by atoms with Crippen LogP contribution in [0.15, 0.2) is 65.2 Å². The molecule has 0 spiro atoms. The Bertz CT molecular complexity index is 762. The molecule has 0 saturated carbocycles. The molecular weight excluding hydrogens is 380 g/mol. The van der Waals surface area contributed by atoms with Crippen molar-refractivity contribution in [1.29, 1.82) is 5.26 Å². The third-order valence-electron chi connectivity index (χ3n) is 3.49. The Kier molecular flexibility index (Phi) is 7.39. The second-order valence-corrected chi connectivity index (χ2v) is 6.41. The molecule has 0 aliphatic carbocycles. The first-order valence-electron chi connectivity index (χ1n) is 7.84. The van der Waals surface area contributed by atoms with Crippen LogP contribution in [0, 0.1) is 11.3 Å². The van der Waals surface area contributed by atoms with Crippen LogP contribution in [0.5, 0.6) is 5.75 Å². The van der Waals surface area contributed by atoms with Crippen molar-refractivity contribution in [2.24, 2.45) is 0 Å². The fourth-order valence-electron chi connectivity index (χ4n) is 2.12. The molecule has 0 N–H and O–H groups in total. The number of ketones is 1. The van der Waals surface area contributed by atoms with E-state index in [2.05, 4.69) is 22.0 Å². The van der Waals surface area contributed by atoms with Crippen LogP contribution in [-0.4, -0.2) is 37.4 Å². The summed E-state index contributed by atoms with van der Waals surface area (Å²) in [5, 5.41) is 8.57. The topological polar surface area (TPSA) is 53.3 Å². The van der Waals surface area contributed by atoms with Gasteiger partial charge in [0.2, 0.25) is 0 Å². The van der Waals surface area contributed by atoms with Crippen molar-refractivity contribution in [3.8, 4) is 11.8 Å². The highest BCUT2D eigenvalue weighted by Gasteiger charge is 2.08. The zero-order valence-electron chi connectivity index (χ0n) is 14.0. The van der Waals surface area contributed by atoms with Crippen LogP contribution < -0.4 is 4.74 Å². The highest BCUT2D eigenvalue weighted by atomic mass is 79.9. The van der Waals surface area contributed by atoms with Gasteiger partial charge in [0.25, 0.3) is 0 Å². The largest absolute Gasteiger partial charge is 0.490 e. The first kappa shape index (κ1) is 18.9. The van der Waals surface area contributed by atoms with Crippen molar-refractivity contribution in [2.75, 3.05) is 26.7 Å². The summed E-state index contributed by atoms with van der Waals surface area (Å²) >= 11 is 3.36. The van der Waals surface area contributed by atoms with Crippen LogP contribution in [-0.2, 0) is 0 Å². The van der Waals surface area contributed by atoms with Crippen molar-refractivity contribution in [3.05, 3.63) is 76.3 Å². The summed E-state index contributed by atoms with van der Waals surface area (Å²) < 4.78 is 6.56. The summed E-state index contributed by atoms with van der Waals surface area (Å²) in [5.41, 5.74) is 1.28. The molecule has 2 aromatic rings. The van der Waals surface area contributed by atoms with E-state index in [-0.39, 0.29) is 5.78 Å². The molecule has 0 saturated heterocycles. The first-order chi connectivity index (χ1) is 12.1. The van der Waals surface area contributed by atoms with Gasteiger partial charge in [-0.3, -0.25) is 9.69 Å². The van der Waals surface area contributed by atoms with Gasteiger partial charge in [0.05, 0.1) is 12.6 Å². The standard InChI is InChI=1S/C20H19BrN2O2/c1-23(14-12-22)13-2-3-15-25-19-10-6-17(7-11-19)20(24)16-4-8-18(21)9-5-16/h2-11H,13-15H2,1H3/b3-2+. The van der Waals surface area contributed by atoms with Crippen LogP contribution in [0.1, 0.15) is 15.9 Å². The summed E-state index contributed by atoms with van der Waals surface area (Å²) in [6.45, 7) is 1.55. The number of carbonyl (C=O) groups excluding carboxylic acids is 1. The van der Waals surface area contributed by atoms with Crippen LogP contribution in [0.2, 0.25) is 0 Å². The lowest BCUT2D eigenvalue weighted by Crippen LogP contribution is -2.18. The van der Waals surface area contributed by atoms with Crippen LogP contribution in [0.4, 0.5) is 0 Å². The van der Waals surface area contributed by atoms with Crippen LogP contribution in [0.3, 0.4) is 0 Å². The normalized spacial score (nSPS) is 10.8. The molecule has 25 heavy (non-hydrogen) atoms. The number of likely N-dealkylation sites (N-methyl/N-ethyl adjacent to an activating group) is 1. The number of hydrogen-bond donors (Lipinski definition) is 0. The van der Waals surface area contributed by atoms with Gasteiger partial charge in [-0.2, -0.15) is 5.26 Å². The van der Waals surface area contributed by atoms with Crippen molar-refractivity contribution >= 4 is 21.7 Å². The van der Waals surface area contributed by atoms with E-state index < -0.39 is 0 Å². The van der Waals surface area contributed by atoms with Crippen LogP contribution >= 0.6 is 15.9 Å². The lowest BCUT2D eigenvalue weighted by Gasteiger charge is -2.08. The maximum Gasteiger partial charge on any atom is 0.193 e. The molecule has 0 unspecified atom stereocenters. The third-order valence-corrected chi connectivity index (χ3v) is 4.02. The first-order valence-corrected chi connectivity index (χ1v) is 8.63. The van der Waals surface area contributed by atoms with E-state index in [1.165, 1.54) is 0 Å².